The Balaban J connectivity index is 1.67. The van der Waals surface area contributed by atoms with Gasteiger partial charge >= 0.3 is 0 Å². The summed E-state index contributed by atoms with van der Waals surface area (Å²) in [5, 5.41) is 3.65. The molecule has 3 unspecified atom stereocenters. The summed E-state index contributed by atoms with van der Waals surface area (Å²) in [6.07, 6.45) is 8.20. The van der Waals surface area contributed by atoms with Crippen LogP contribution in [0.25, 0.3) is 0 Å². The van der Waals surface area contributed by atoms with Crippen molar-refractivity contribution in [3.05, 3.63) is 0 Å². The van der Waals surface area contributed by atoms with Gasteiger partial charge in [-0.1, -0.05) is 6.42 Å². The second-order valence-corrected chi connectivity index (χ2v) is 4.93. The van der Waals surface area contributed by atoms with E-state index in [-0.39, 0.29) is 0 Å². The molecule has 2 rings (SSSR count). The molecule has 0 amide bonds. The molecule has 0 aromatic rings. The summed E-state index contributed by atoms with van der Waals surface area (Å²) >= 11 is 0. The number of hydrogen-bond acceptors (Lipinski definition) is 3. The van der Waals surface area contributed by atoms with Gasteiger partial charge in [0.25, 0.3) is 0 Å². The zero-order chi connectivity index (χ0) is 10.5. The van der Waals surface area contributed by atoms with Gasteiger partial charge in [-0.25, -0.2) is 0 Å². The van der Waals surface area contributed by atoms with E-state index in [1.807, 2.05) is 0 Å². The summed E-state index contributed by atoms with van der Waals surface area (Å²) in [7, 11) is 0. The molecule has 3 heteroatoms. The summed E-state index contributed by atoms with van der Waals surface area (Å²) in [6.45, 7) is 2.82. The topological polar surface area (TPSA) is 47.3 Å². The van der Waals surface area contributed by atoms with Crippen LogP contribution in [0.3, 0.4) is 0 Å². The Hall–Kier alpha value is -0.120. The molecule has 3 nitrogen and oxygen atoms in total. The molecule has 3 atom stereocenters. The average Bonchev–Trinajstić information content (AvgIpc) is 2.75. The fourth-order valence-corrected chi connectivity index (χ4v) is 2.84. The van der Waals surface area contributed by atoms with E-state index in [9.17, 15) is 0 Å². The zero-order valence-electron chi connectivity index (χ0n) is 9.58. The molecule has 1 saturated carbocycles. The minimum Gasteiger partial charge on any atom is -0.377 e. The summed E-state index contributed by atoms with van der Waals surface area (Å²) in [5.74, 6) is 0.702. The van der Waals surface area contributed by atoms with Gasteiger partial charge in [0.15, 0.2) is 0 Å². The molecule has 0 aromatic carbocycles. The van der Waals surface area contributed by atoms with Crippen LogP contribution in [0.4, 0.5) is 0 Å². The molecule has 2 aliphatic rings. The Bertz CT molecular complexity index is 180. The fourth-order valence-electron chi connectivity index (χ4n) is 2.84. The van der Waals surface area contributed by atoms with Crippen LogP contribution in [0.2, 0.25) is 0 Å². The van der Waals surface area contributed by atoms with Crippen molar-refractivity contribution in [2.45, 2.75) is 50.7 Å². The molecule has 0 radical (unpaired) electrons. The molecule has 88 valence electrons. The Labute approximate surface area is 92.7 Å². The highest BCUT2D eigenvalue weighted by Gasteiger charge is 2.26. The van der Waals surface area contributed by atoms with E-state index in [0.717, 1.165) is 19.7 Å². The van der Waals surface area contributed by atoms with Gasteiger partial charge in [-0.05, 0) is 44.6 Å². The summed E-state index contributed by atoms with van der Waals surface area (Å²) in [4.78, 5) is 0. The van der Waals surface area contributed by atoms with Gasteiger partial charge in [0, 0.05) is 19.2 Å². The predicted octanol–water partition coefficient (Wildman–Crippen LogP) is 1.27. The quantitative estimate of drug-likeness (QED) is 0.738. The van der Waals surface area contributed by atoms with E-state index >= 15 is 0 Å². The van der Waals surface area contributed by atoms with Crippen LogP contribution in [-0.2, 0) is 4.74 Å². The lowest BCUT2D eigenvalue weighted by molar-refractivity contribution is 0.0147. The second-order valence-electron chi connectivity index (χ2n) is 4.93. The number of rotatable bonds is 4. The van der Waals surface area contributed by atoms with Crippen molar-refractivity contribution in [3.8, 4) is 0 Å². The van der Waals surface area contributed by atoms with Gasteiger partial charge in [0.1, 0.15) is 0 Å². The lowest BCUT2D eigenvalue weighted by Gasteiger charge is -2.26. The third-order valence-corrected chi connectivity index (χ3v) is 3.84. The van der Waals surface area contributed by atoms with E-state index in [1.165, 1.54) is 38.5 Å². The van der Waals surface area contributed by atoms with Gasteiger partial charge < -0.3 is 15.8 Å². The van der Waals surface area contributed by atoms with E-state index < -0.39 is 0 Å². The molecule has 0 spiro atoms. The van der Waals surface area contributed by atoms with Crippen molar-refractivity contribution in [2.24, 2.45) is 11.7 Å². The van der Waals surface area contributed by atoms with Crippen molar-refractivity contribution in [1.29, 1.82) is 0 Å². The largest absolute Gasteiger partial charge is 0.377 e. The smallest absolute Gasteiger partial charge is 0.0699 e. The lowest BCUT2D eigenvalue weighted by Crippen LogP contribution is -2.41. The molecule has 0 bridgehead atoms. The van der Waals surface area contributed by atoms with Gasteiger partial charge in [0.05, 0.1) is 6.10 Å². The average molecular weight is 212 g/mol. The summed E-state index contributed by atoms with van der Waals surface area (Å²) in [5.41, 5.74) is 5.76. The van der Waals surface area contributed by atoms with Crippen LogP contribution in [0.5, 0.6) is 0 Å². The normalized spacial score (nSPS) is 37.0. The SMILES string of the molecule is NCC1CCCC1NCC1CCCCO1. The summed E-state index contributed by atoms with van der Waals surface area (Å²) in [6, 6.07) is 0.653. The molecule has 2 fully saturated rings. The van der Waals surface area contributed by atoms with Crippen LogP contribution >= 0.6 is 0 Å². The Kier molecular flexibility index (Phi) is 4.42. The Morgan fingerprint density at radius 2 is 2.07 bits per heavy atom. The van der Waals surface area contributed by atoms with Crippen LogP contribution in [0.15, 0.2) is 0 Å². The first-order valence-corrected chi connectivity index (χ1v) is 6.45. The lowest BCUT2D eigenvalue weighted by atomic mass is 10.0. The maximum Gasteiger partial charge on any atom is 0.0699 e. The molecular weight excluding hydrogens is 188 g/mol. The maximum absolute atomic E-state index is 5.76. The molecule has 3 N–H and O–H groups in total. The van der Waals surface area contributed by atoms with Gasteiger partial charge in [-0.3, -0.25) is 0 Å². The van der Waals surface area contributed by atoms with Crippen molar-refractivity contribution < 1.29 is 4.74 Å². The highest BCUT2D eigenvalue weighted by atomic mass is 16.5. The zero-order valence-corrected chi connectivity index (χ0v) is 9.58. The second kappa shape index (κ2) is 5.83. The number of hydrogen-bond donors (Lipinski definition) is 2. The monoisotopic (exact) mass is 212 g/mol. The summed E-state index contributed by atoms with van der Waals surface area (Å²) < 4.78 is 5.71. The molecule has 15 heavy (non-hydrogen) atoms. The standard InChI is InChI=1S/C12H24N2O/c13-8-10-4-3-6-12(10)14-9-11-5-1-2-7-15-11/h10-12,14H,1-9,13H2. The molecule has 1 heterocycles. The van der Waals surface area contributed by atoms with Crippen molar-refractivity contribution in [3.63, 3.8) is 0 Å². The van der Waals surface area contributed by atoms with E-state index in [2.05, 4.69) is 5.32 Å². The van der Waals surface area contributed by atoms with Crippen LogP contribution in [0.1, 0.15) is 38.5 Å². The predicted molar refractivity (Wildman–Crippen MR) is 61.8 cm³/mol. The maximum atomic E-state index is 5.76. The minimum atomic E-state index is 0.456. The highest BCUT2D eigenvalue weighted by Crippen LogP contribution is 2.24. The third-order valence-electron chi connectivity index (χ3n) is 3.84. The first-order chi connectivity index (χ1) is 7.40. The van der Waals surface area contributed by atoms with Crippen LogP contribution < -0.4 is 11.1 Å². The van der Waals surface area contributed by atoms with Gasteiger partial charge in [0.2, 0.25) is 0 Å². The van der Waals surface area contributed by atoms with E-state index in [0.29, 0.717) is 18.1 Å². The van der Waals surface area contributed by atoms with Crippen LogP contribution in [0, 0.1) is 5.92 Å². The van der Waals surface area contributed by atoms with Crippen LogP contribution in [-0.4, -0.2) is 31.8 Å². The fraction of sp³-hybridized carbons (Fsp3) is 1.00. The Morgan fingerprint density at radius 3 is 2.80 bits per heavy atom. The number of nitrogens with one attached hydrogen (secondary N) is 1. The third kappa shape index (κ3) is 3.16. The van der Waals surface area contributed by atoms with Crippen molar-refractivity contribution in [2.75, 3.05) is 19.7 Å². The van der Waals surface area contributed by atoms with Gasteiger partial charge in [-0.15, -0.1) is 0 Å². The van der Waals surface area contributed by atoms with Crippen molar-refractivity contribution in [1.82, 2.24) is 5.32 Å². The highest BCUT2D eigenvalue weighted by molar-refractivity contribution is 4.84. The number of ether oxygens (including phenoxy) is 1. The molecule has 0 aromatic heterocycles. The molecule has 1 aliphatic carbocycles. The van der Waals surface area contributed by atoms with E-state index in [4.69, 9.17) is 10.5 Å². The van der Waals surface area contributed by atoms with E-state index in [1.54, 1.807) is 0 Å². The first kappa shape index (κ1) is 11.4. The minimum absolute atomic E-state index is 0.456. The van der Waals surface area contributed by atoms with Gasteiger partial charge in [-0.2, -0.15) is 0 Å². The molecule has 1 aliphatic heterocycles. The number of nitrogens with two attached hydrogens (primary N) is 1. The Morgan fingerprint density at radius 1 is 1.13 bits per heavy atom. The first-order valence-electron chi connectivity index (χ1n) is 6.45. The molecular formula is C12H24N2O. The van der Waals surface area contributed by atoms with Crippen molar-refractivity contribution >= 4 is 0 Å². The molecule has 1 saturated heterocycles.